The first-order valence-electron chi connectivity index (χ1n) is 13.3. The number of nitrogens with zero attached hydrogens (tertiary/aromatic N) is 1. The van der Waals surface area contributed by atoms with Gasteiger partial charge in [-0.25, -0.2) is 4.79 Å². The number of ether oxygens (including phenoxy) is 1. The van der Waals surface area contributed by atoms with Gasteiger partial charge in [0.15, 0.2) is 0 Å². The number of hydrogen-bond donors (Lipinski definition) is 6. The first-order chi connectivity index (χ1) is 19.2. The second-order valence-electron chi connectivity index (χ2n) is 9.94. The van der Waals surface area contributed by atoms with Crippen LogP contribution in [0.15, 0.2) is 24.3 Å². The lowest BCUT2D eigenvalue weighted by molar-refractivity contribution is -0.142. The number of carbonyl (C=O) groups is 6. The van der Waals surface area contributed by atoms with Gasteiger partial charge in [-0.2, -0.15) is 12.6 Å². The summed E-state index contributed by atoms with van der Waals surface area (Å²) in [5.41, 5.74) is 6.29. The van der Waals surface area contributed by atoms with Crippen LogP contribution in [0.3, 0.4) is 0 Å². The van der Waals surface area contributed by atoms with Crippen molar-refractivity contribution in [2.75, 3.05) is 25.5 Å². The number of thiol groups is 1. The summed E-state index contributed by atoms with van der Waals surface area (Å²) in [5.74, 6) is -2.40. The summed E-state index contributed by atoms with van der Waals surface area (Å²) >= 11 is 4.33. The van der Waals surface area contributed by atoms with Crippen LogP contribution in [0, 0.1) is 5.92 Å². The number of rotatable bonds is 16. The lowest BCUT2D eigenvalue weighted by Gasteiger charge is -2.26. The third-order valence-electron chi connectivity index (χ3n) is 6.09. The lowest BCUT2D eigenvalue weighted by atomic mass is 10.0. The normalized spacial score (nSPS) is 12.9. The second-order valence-corrected chi connectivity index (χ2v) is 10.6. The molecule has 1 aromatic carbocycles. The third kappa shape index (κ3) is 13.9. The van der Waals surface area contributed by atoms with Crippen molar-refractivity contribution in [3.05, 3.63) is 29.8 Å². The summed E-state index contributed by atoms with van der Waals surface area (Å²) in [6, 6.07) is 4.00. The Hall–Kier alpha value is -3.81. The second kappa shape index (κ2) is 17.8. The molecule has 0 saturated carbocycles. The van der Waals surface area contributed by atoms with Crippen LogP contribution in [-0.4, -0.2) is 78.0 Å². The monoisotopic (exact) mass is 594 g/mol. The number of nitrogens with one attached hydrogen (secondary N) is 4. The molecule has 0 aliphatic carbocycles. The van der Waals surface area contributed by atoms with Crippen LogP contribution in [0.1, 0.15) is 52.5 Å². The Bertz CT molecular complexity index is 1070. The largest absolute Gasteiger partial charge is 0.461 e. The highest BCUT2D eigenvalue weighted by Crippen LogP contribution is 2.13. The van der Waals surface area contributed by atoms with E-state index >= 15 is 0 Å². The van der Waals surface area contributed by atoms with E-state index in [9.17, 15) is 28.8 Å². The Balaban J connectivity index is 2.93. The molecule has 0 saturated heterocycles. The Kier molecular flexibility index (Phi) is 15.3. The first-order valence-corrected chi connectivity index (χ1v) is 13.8. The van der Waals surface area contributed by atoms with Gasteiger partial charge in [0.25, 0.3) is 0 Å². The van der Waals surface area contributed by atoms with Crippen LogP contribution in [0.2, 0.25) is 0 Å². The van der Waals surface area contributed by atoms with Crippen LogP contribution in [-0.2, 0) is 35.3 Å². The predicted octanol–water partition coefficient (Wildman–Crippen LogP) is 0.929. The van der Waals surface area contributed by atoms with Gasteiger partial charge >= 0.3 is 12.0 Å². The van der Waals surface area contributed by atoms with Crippen LogP contribution >= 0.6 is 12.6 Å². The number of benzene rings is 1. The fourth-order valence-electron chi connectivity index (χ4n) is 3.54. The van der Waals surface area contributed by atoms with E-state index in [-0.39, 0.29) is 37.8 Å². The maximum Gasteiger partial charge on any atom is 0.312 e. The Morgan fingerprint density at radius 1 is 0.951 bits per heavy atom. The van der Waals surface area contributed by atoms with E-state index in [1.807, 2.05) is 0 Å². The van der Waals surface area contributed by atoms with Crippen molar-refractivity contribution in [3.8, 4) is 0 Å². The number of hydrogen-bond acceptors (Lipinski definition) is 8. The molecule has 41 heavy (non-hydrogen) atoms. The minimum absolute atomic E-state index is 0.0952. The molecular weight excluding hydrogens is 552 g/mol. The first kappa shape index (κ1) is 35.2. The molecule has 0 fully saturated rings. The van der Waals surface area contributed by atoms with Crippen molar-refractivity contribution in [3.63, 3.8) is 0 Å². The van der Waals surface area contributed by atoms with Gasteiger partial charge in [-0.3, -0.25) is 24.0 Å². The van der Waals surface area contributed by atoms with Gasteiger partial charge in [0.1, 0.15) is 18.7 Å². The smallest absolute Gasteiger partial charge is 0.312 e. The topological polar surface area (TPSA) is 189 Å². The van der Waals surface area contributed by atoms with Gasteiger partial charge < -0.3 is 36.6 Å². The maximum atomic E-state index is 13.3. The van der Waals surface area contributed by atoms with Crippen LogP contribution in [0.25, 0.3) is 0 Å². The summed E-state index contributed by atoms with van der Waals surface area (Å²) in [6.45, 7) is 6.85. The minimum Gasteiger partial charge on any atom is -0.461 e. The molecule has 3 atom stereocenters. The summed E-state index contributed by atoms with van der Waals surface area (Å²) in [5, 5.41) is 9.85. The molecule has 0 spiro atoms. The molecule has 1 rings (SSSR count). The lowest BCUT2D eigenvalue weighted by Crippen LogP contribution is -2.55. The number of nitrogens with two attached hydrogens (primary N) is 1. The highest BCUT2D eigenvalue weighted by molar-refractivity contribution is 7.81. The van der Waals surface area contributed by atoms with Crippen molar-refractivity contribution >= 4 is 53.9 Å². The molecule has 0 radical (unpaired) electrons. The fourth-order valence-corrected chi connectivity index (χ4v) is 3.73. The molecule has 6 amide bonds. The van der Waals surface area contributed by atoms with E-state index in [0.717, 1.165) is 5.56 Å². The van der Waals surface area contributed by atoms with Gasteiger partial charge in [-0.1, -0.05) is 26.0 Å². The quantitative estimate of drug-likeness (QED) is 0.0932. The number of anilines is 1. The number of carbonyl (C=O) groups excluding carboxylic acids is 6. The summed E-state index contributed by atoms with van der Waals surface area (Å²) in [4.78, 5) is 74.1. The van der Waals surface area contributed by atoms with Gasteiger partial charge in [-0.05, 0) is 42.9 Å². The number of urea groups is 1. The zero-order chi connectivity index (χ0) is 31.1. The fraction of sp³-hybridized carbons (Fsp3) is 0.556. The van der Waals surface area contributed by atoms with Gasteiger partial charge in [-0.15, -0.1) is 0 Å². The van der Waals surface area contributed by atoms with E-state index < -0.39 is 47.1 Å². The Morgan fingerprint density at radius 2 is 1.59 bits per heavy atom. The minimum atomic E-state index is -0.993. The van der Waals surface area contributed by atoms with Gasteiger partial charge in [0, 0.05) is 39.7 Å². The van der Waals surface area contributed by atoms with Crippen molar-refractivity contribution in [2.24, 2.45) is 11.7 Å². The molecule has 0 bridgehead atoms. The van der Waals surface area contributed by atoms with Crippen LogP contribution in [0.4, 0.5) is 10.5 Å². The highest BCUT2D eigenvalue weighted by atomic mass is 32.1. The SMILES string of the molecule is CC(=O)OCc1ccc(NC(=O)[C@H](CCCNC(N)=O)NC(=O)[C@@H](NC(=O)[C@H](S)CCN(C)C(C)=O)C(C)C)cc1. The number of primary amides is 1. The van der Waals surface area contributed by atoms with E-state index in [0.29, 0.717) is 18.7 Å². The molecule has 228 valence electrons. The van der Waals surface area contributed by atoms with E-state index in [2.05, 4.69) is 33.9 Å². The molecule has 0 heterocycles. The third-order valence-corrected chi connectivity index (χ3v) is 6.58. The highest BCUT2D eigenvalue weighted by Gasteiger charge is 2.30. The molecule has 14 heteroatoms. The van der Waals surface area contributed by atoms with Crippen molar-refractivity contribution in [2.45, 2.75) is 70.9 Å². The van der Waals surface area contributed by atoms with Crippen molar-refractivity contribution < 1.29 is 33.5 Å². The molecule has 0 unspecified atom stereocenters. The van der Waals surface area contributed by atoms with Crippen LogP contribution < -0.4 is 27.0 Å². The molecule has 0 aliphatic heterocycles. The summed E-state index contributed by atoms with van der Waals surface area (Å²) in [7, 11) is 1.62. The molecule has 6 N–H and O–H groups in total. The van der Waals surface area contributed by atoms with Gasteiger partial charge in [0.05, 0.1) is 5.25 Å². The average Bonchev–Trinajstić information content (AvgIpc) is 2.90. The van der Waals surface area contributed by atoms with Crippen LogP contribution in [0.5, 0.6) is 0 Å². The zero-order valence-electron chi connectivity index (χ0n) is 24.2. The summed E-state index contributed by atoms with van der Waals surface area (Å²) in [6.07, 6.45) is 0.798. The Labute approximate surface area is 246 Å². The Morgan fingerprint density at radius 3 is 2.12 bits per heavy atom. The average molecular weight is 595 g/mol. The van der Waals surface area contributed by atoms with Gasteiger partial charge in [0.2, 0.25) is 23.6 Å². The van der Waals surface area contributed by atoms with Crippen molar-refractivity contribution in [1.29, 1.82) is 0 Å². The standard InChI is InChI=1S/C27H42N6O7S/c1-16(2)23(32-25(37)22(41)12-14-33(5)17(3)34)26(38)31-21(7-6-13-29-27(28)39)24(36)30-20-10-8-19(9-11-20)15-40-18(4)35/h8-11,16,21-23,41H,6-7,12-15H2,1-5H3,(H,30,36)(H,31,38)(H,32,37)(H3,28,29,39)/t21-,22+,23-/m0/s1. The number of amides is 6. The molecule has 0 aliphatic rings. The number of esters is 1. The van der Waals surface area contributed by atoms with E-state index in [4.69, 9.17) is 10.5 Å². The molecule has 1 aromatic rings. The summed E-state index contributed by atoms with van der Waals surface area (Å²) < 4.78 is 4.96. The molecule has 0 aromatic heterocycles. The van der Waals surface area contributed by atoms with E-state index in [1.54, 1.807) is 45.2 Å². The molecular formula is C27H42N6O7S. The predicted molar refractivity (Wildman–Crippen MR) is 157 cm³/mol. The van der Waals surface area contributed by atoms with E-state index in [1.165, 1.54) is 18.7 Å². The zero-order valence-corrected chi connectivity index (χ0v) is 25.1. The van der Waals surface area contributed by atoms with Crippen molar-refractivity contribution in [1.82, 2.24) is 20.9 Å². The maximum absolute atomic E-state index is 13.3. The molecule has 13 nitrogen and oxygen atoms in total.